The van der Waals surface area contributed by atoms with Crippen LogP contribution in [0.1, 0.15) is 6.92 Å². The van der Waals surface area contributed by atoms with Gasteiger partial charge in [0.25, 0.3) is 0 Å². The van der Waals surface area contributed by atoms with E-state index in [2.05, 4.69) is 16.8 Å². The Morgan fingerprint density at radius 3 is 2.81 bits per heavy atom. The van der Waals surface area contributed by atoms with E-state index in [1.807, 2.05) is 6.07 Å². The molecule has 0 aliphatic rings. The van der Waals surface area contributed by atoms with Crippen LogP contribution in [0.3, 0.4) is 0 Å². The average Bonchev–Trinajstić information content (AvgIpc) is 2.49. The van der Waals surface area contributed by atoms with Gasteiger partial charge in [0.1, 0.15) is 0 Å². The van der Waals surface area contributed by atoms with Gasteiger partial charge in [0.05, 0.1) is 24.0 Å². The highest BCUT2D eigenvalue weighted by Crippen LogP contribution is 2.15. The molecule has 0 aliphatic carbocycles. The maximum absolute atomic E-state index is 9.82. The number of nitrogens with zero attached hydrogens (tertiary/aromatic N) is 3. The first-order chi connectivity index (χ1) is 10.2. The van der Waals surface area contributed by atoms with E-state index in [0.717, 1.165) is 28.6 Å². The highest BCUT2D eigenvalue weighted by molar-refractivity contribution is 6.31. The van der Waals surface area contributed by atoms with Crippen LogP contribution in [0, 0.1) is 0 Å². The molecule has 1 heterocycles. The molecule has 0 atom stereocenters. The van der Waals surface area contributed by atoms with Crippen molar-refractivity contribution in [2.75, 3.05) is 32.8 Å². The molecule has 0 spiro atoms. The molecule has 1 aromatic carbocycles. The third-order valence-corrected chi connectivity index (χ3v) is 3.65. The smallest absolute Gasteiger partial charge is 0.0901 e. The Balaban J connectivity index is 2.25. The highest BCUT2D eigenvalue weighted by Gasteiger charge is 2.03. The first-order valence-electron chi connectivity index (χ1n) is 6.99. The number of halogens is 1. The van der Waals surface area contributed by atoms with Gasteiger partial charge in [-0.1, -0.05) is 18.5 Å². The molecule has 5 nitrogen and oxygen atoms in total. The van der Waals surface area contributed by atoms with Gasteiger partial charge in [-0.15, -0.1) is 0 Å². The van der Waals surface area contributed by atoms with E-state index in [0.29, 0.717) is 23.6 Å². The first-order valence-corrected chi connectivity index (χ1v) is 7.37. The van der Waals surface area contributed by atoms with Gasteiger partial charge in [0, 0.05) is 29.7 Å². The van der Waals surface area contributed by atoms with Crippen molar-refractivity contribution < 1.29 is 10.3 Å². The molecule has 0 saturated heterocycles. The minimum absolute atomic E-state index is 0.158. The van der Waals surface area contributed by atoms with Crippen LogP contribution in [0.5, 0.6) is 0 Å². The molecule has 0 saturated carbocycles. The Bertz CT molecular complexity index is 670. The van der Waals surface area contributed by atoms with E-state index in [1.54, 1.807) is 24.4 Å². The maximum atomic E-state index is 9.82. The Morgan fingerprint density at radius 2 is 2.10 bits per heavy atom. The van der Waals surface area contributed by atoms with Crippen molar-refractivity contribution in [3.05, 3.63) is 40.8 Å². The molecule has 6 heteroatoms. The maximum Gasteiger partial charge on any atom is 0.0901 e. The third kappa shape index (κ3) is 3.97. The van der Waals surface area contributed by atoms with Crippen LogP contribution in [0.25, 0.3) is 10.9 Å². The molecule has 114 valence electrons. The van der Waals surface area contributed by atoms with Crippen LogP contribution >= 0.6 is 11.6 Å². The number of fused-ring (bicyclic) bond motifs is 1. The Kier molecular flexibility index (Phi) is 5.61. The number of aliphatic hydroxyl groups excluding tert-OH is 1. The topological polar surface area (TPSA) is 61.0 Å². The molecule has 0 unspecified atom stereocenters. The summed E-state index contributed by atoms with van der Waals surface area (Å²) in [4.78, 5) is 6.72. The summed E-state index contributed by atoms with van der Waals surface area (Å²) in [5.41, 5.74) is 0.631. The molecule has 2 N–H and O–H groups in total. The van der Waals surface area contributed by atoms with Gasteiger partial charge >= 0.3 is 0 Å². The van der Waals surface area contributed by atoms with Crippen LogP contribution in [-0.2, 0) is 0 Å². The van der Waals surface area contributed by atoms with Crippen LogP contribution in [0.15, 0.2) is 35.5 Å². The lowest BCUT2D eigenvalue weighted by molar-refractivity contribution is 0.198. The van der Waals surface area contributed by atoms with Crippen LogP contribution < -0.4 is 5.36 Å². The molecule has 1 aromatic heterocycles. The fourth-order valence-corrected chi connectivity index (χ4v) is 2.41. The Labute approximate surface area is 128 Å². The highest BCUT2D eigenvalue weighted by atomic mass is 35.5. The number of aromatic nitrogens is 1. The van der Waals surface area contributed by atoms with Gasteiger partial charge in [-0.05, 0) is 30.8 Å². The van der Waals surface area contributed by atoms with Crippen LogP contribution in [0.2, 0.25) is 5.02 Å². The van der Waals surface area contributed by atoms with Crippen molar-refractivity contribution in [2.24, 2.45) is 4.99 Å². The summed E-state index contributed by atoms with van der Waals surface area (Å²) in [5.74, 6) is 0. The lowest BCUT2D eigenvalue weighted by Crippen LogP contribution is -2.29. The van der Waals surface area contributed by atoms with E-state index in [4.69, 9.17) is 16.7 Å². The van der Waals surface area contributed by atoms with E-state index >= 15 is 0 Å². The Hall–Kier alpha value is -1.56. The summed E-state index contributed by atoms with van der Waals surface area (Å²) in [6.45, 7) is 5.20. The monoisotopic (exact) mass is 309 g/mol. The second-order valence-corrected chi connectivity index (χ2v) is 5.18. The van der Waals surface area contributed by atoms with Crippen molar-refractivity contribution >= 4 is 22.5 Å². The Morgan fingerprint density at radius 1 is 1.29 bits per heavy atom. The number of hydrogen-bond acceptors (Lipinski definition) is 4. The van der Waals surface area contributed by atoms with Gasteiger partial charge < -0.3 is 10.3 Å². The molecule has 0 aliphatic heterocycles. The van der Waals surface area contributed by atoms with Gasteiger partial charge in [0.15, 0.2) is 0 Å². The molecule has 0 radical (unpaired) electrons. The van der Waals surface area contributed by atoms with Crippen molar-refractivity contribution in [1.29, 1.82) is 0 Å². The quantitative estimate of drug-likeness (QED) is 0.799. The predicted molar refractivity (Wildman–Crippen MR) is 83.8 cm³/mol. The zero-order valence-electron chi connectivity index (χ0n) is 12.0. The lowest BCUT2D eigenvalue weighted by Gasteiger charge is -2.17. The third-order valence-electron chi connectivity index (χ3n) is 3.42. The zero-order valence-corrected chi connectivity index (χ0v) is 12.8. The molecular weight excluding hydrogens is 290 g/mol. The fourth-order valence-electron chi connectivity index (χ4n) is 2.24. The van der Waals surface area contributed by atoms with Crippen molar-refractivity contribution in [2.45, 2.75) is 6.92 Å². The summed E-state index contributed by atoms with van der Waals surface area (Å²) in [5, 5.41) is 21.0. The number of rotatable bonds is 6. The summed E-state index contributed by atoms with van der Waals surface area (Å²) < 4.78 is 1.05. The standard InChI is InChI=1S/C15H20ClN3O2/c1-2-18(9-10-20)8-6-17-14-5-7-19(21)15-11-12(16)3-4-13(14)15/h3-5,7,11,20-21H,2,6,8-10H2,1H3. The molecule has 2 aromatic rings. The van der Waals surface area contributed by atoms with E-state index < -0.39 is 0 Å². The van der Waals surface area contributed by atoms with Gasteiger partial charge in [-0.25, -0.2) is 0 Å². The summed E-state index contributed by atoms with van der Waals surface area (Å²) >= 11 is 5.96. The number of likely N-dealkylation sites (N-methyl/N-ethyl adjacent to an activating group) is 1. The molecule has 0 bridgehead atoms. The molecule has 21 heavy (non-hydrogen) atoms. The van der Waals surface area contributed by atoms with E-state index in [9.17, 15) is 5.21 Å². The minimum atomic E-state index is 0.158. The number of aliphatic hydroxyl groups is 1. The van der Waals surface area contributed by atoms with Crippen molar-refractivity contribution in [3.63, 3.8) is 0 Å². The van der Waals surface area contributed by atoms with E-state index in [-0.39, 0.29) is 6.61 Å². The van der Waals surface area contributed by atoms with E-state index in [1.165, 1.54) is 0 Å². The second-order valence-electron chi connectivity index (χ2n) is 4.75. The SMILES string of the molecule is CCN(CCO)CCN=c1ccn(O)c2cc(Cl)ccc12. The number of pyridine rings is 1. The van der Waals surface area contributed by atoms with Crippen LogP contribution in [0.4, 0.5) is 0 Å². The molecule has 2 rings (SSSR count). The summed E-state index contributed by atoms with van der Waals surface area (Å²) in [6, 6.07) is 7.13. The largest absolute Gasteiger partial charge is 0.428 e. The minimum Gasteiger partial charge on any atom is -0.428 e. The van der Waals surface area contributed by atoms with Crippen molar-refractivity contribution in [3.8, 4) is 0 Å². The van der Waals surface area contributed by atoms with Crippen LogP contribution in [-0.4, -0.2) is 52.7 Å². The summed E-state index contributed by atoms with van der Waals surface area (Å²) in [7, 11) is 0. The molecule has 0 amide bonds. The summed E-state index contributed by atoms with van der Waals surface area (Å²) in [6.07, 6.45) is 1.56. The normalized spacial score (nSPS) is 12.5. The molecule has 0 fully saturated rings. The number of benzene rings is 1. The predicted octanol–water partition coefficient (Wildman–Crippen LogP) is 1.75. The van der Waals surface area contributed by atoms with Gasteiger partial charge in [0.2, 0.25) is 0 Å². The fraction of sp³-hybridized carbons (Fsp3) is 0.400. The van der Waals surface area contributed by atoms with Crippen molar-refractivity contribution in [1.82, 2.24) is 9.63 Å². The number of hydrogen-bond donors (Lipinski definition) is 2. The first kappa shape index (κ1) is 15.8. The molecular formula is C15H20ClN3O2. The van der Waals surface area contributed by atoms with Gasteiger partial charge in [-0.3, -0.25) is 9.89 Å². The average molecular weight is 310 g/mol. The zero-order chi connectivity index (χ0) is 15.2. The second kappa shape index (κ2) is 7.45. The lowest BCUT2D eigenvalue weighted by atomic mass is 10.2. The van der Waals surface area contributed by atoms with Gasteiger partial charge in [-0.2, -0.15) is 4.73 Å².